The summed E-state index contributed by atoms with van der Waals surface area (Å²) in [6.45, 7) is 0. The van der Waals surface area contributed by atoms with E-state index in [1.54, 1.807) is 6.08 Å². The standard InChI is InChI=1S/C10H9ClO2/c11-8-10(12)13-7-6-9-4-2-1-3-5-9/h1-7H,8H2/b7-6-. The van der Waals surface area contributed by atoms with E-state index in [0.717, 1.165) is 5.56 Å². The molecule has 0 heterocycles. The Morgan fingerprint density at radius 1 is 1.38 bits per heavy atom. The molecular formula is C10H9ClO2. The highest BCUT2D eigenvalue weighted by atomic mass is 35.5. The Morgan fingerprint density at radius 2 is 2.08 bits per heavy atom. The molecule has 0 N–H and O–H groups in total. The lowest BCUT2D eigenvalue weighted by molar-refractivity contribution is -0.134. The molecule has 1 aromatic rings. The van der Waals surface area contributed by atoms with Crippen molar-refractivity contribution >= 4 is 23.6 Å². The second-order valence-electron chi connectivity index (χ2n) is 2.34. The van der Waals surface area contributed by atoms with Gasteiger partial charge in [0.2, 0.25) is 0 Å². The van der Waals surface area contributed by atoms with Gasteiger partial charge in [0.05, 0.1) is 6.26 Å². The van der Waals surface area contributed by atoms with Gasteiger partial charge < -0.3 is 4.74 Å². The summed E-state index contributed by atoms with van der Waals surface area (Å²) in [5, 5.41) is 0. The van der Waals surface area contributed by atoms with Gasteiger partial charge in [0.1, 0.15) is 5.88 Å². The molecule has 0 aliphatic rings. The lowest BCUT2D eigenvalue weighted by Gasteiger charge is -1.93. The zero-order chi connectivity index (χ0) is 9.52. The van der Waals surface area contributed by atoms with Gasteiger partial charge in [-0.05, 0) is 11.6 Å². The van der Waals surface area contributed by atoms with Gasteiger partial charge in [-0.1, -0.05) is 30.3 Å². The van der Waals surface area contributed by atoms with Crippen molar-refractivity contribution in [3.8, 4) is 0 Å². The van der Waals surface area contributed by atoms with E-state index >= 15 is 0 Å². The van der Waals surface area contributed by atoms with Gasteiger partial charge in [0.15, 0.2) is 0 Å². The Balaban J connectivity index is 2.45. The fraction of sp³-hybridized carbons (Fsp3) is 0.100. The van der Waals surface area contributed by atoms with E-state index in [9.17, 15) is 4.79 Å². The number of esters is 1. The zero-order valence-corrected chi connectivity index (χ0v) is 7.70. The van der Waals surface area contributed by atoms with Gasteiger partial charge in [-0.15, -0.1) is 11.6 Å². The van der Waals surface area contributed by atoms with Crippen LogP contribution in [0.1, 0.15) is 5.56 Å². The first-order valence-electron chi connectivity index (χ1n) is 3.80. The highest BCUT2D eigenvalue weighted by molar-refractivity contribution is 6.26. The summed E-state index contributed by atoms with van der Waals surface area (Å²) in [7, 11) is 0. The maximum atomic E-state index is 10.6. The number of carbonyl (C=O) groups excluding carboxylic acids is 1. The Bertz CT molecular complexity index is 293. The molecule has 0 saturated carbocycles. The highest BCUT2D eigenvalue weighted by Crippen LogP contribution is 2.00. The summed E-state index contributed by atoms with van der Waals surface area (Å²) in [6, 6.07) is 9.55. The van der Waals surface area contributed by atoms with Crippen LogP contribution >= 0.6 is 11.6 Å². The van der Waals surface area contributed by atoms with Crippen LogP contribution in [0.15, 0.2) is 36.6 Å². The first-order chi connectivity index (χ1) is 6.33. The summed E-state index contributed by atoms with van der Waals surface area (Å²) < 4.78 is 4.64. The fourth-order valence-corrected chi connectivity index (χ4v) is 0.847. The minimum absolute atomic E-state index is 0.126. The maximum absolute atomic E-state index is 10.6. The van der Waals surface area contributed by atoms with Crippen molar-refractivity contribution in [3.05, 3.63) is 42.2 Å². The first kappa shape index (κ1) is 9.81. The Kier molecular flexibility index (Phi) is 4.06. The number of halogens is 1. The summed E-state index contributed by atoms with van der Waals surface area (Å²) in [6.07, 6.45) is 3.03. The quantitative estimate of drug-likeness (QED) is 0.422. The average molecular weight is 197 g/mol. The van der Waals surface area contributed by atoms with E-state index in [1.807, 2.05) is 30.3 Å². The van der Waals surface area contributed by atoms with Gasteiger partial charge in [-0.3, -0.25) is 4.79 Å². The number of rotatable bonds is 3. The van der Waals surface area contributed by atoms with E-state index < -0.39 is 5.97 Å². The van der Waals surface area contributed by atoms with Crippen molar-refractivity contribution in [3.63, 3.8) is 0 Å². The van der Waals surface area contributed by atoms with Crippen LogP contribution in [0, 0.1) is 0 Å². The predicted molar refractivity (Wildman–Crippen MR) is 52.3 cm³/mol. The number of hydrogen-bond donors (Lipinski definition) is 0. The third-order valence-corrected chi connectivity index (χ3v) is 1.59. The van der Waals surface area contributed by atoms with E-state index in [4.69, 9.17) is 11.6 Å². The van der Waals surface area contributed by atoms with Crippen molar-refractivity contribution < 1.29 is 9.53 Å². The number of hydrogen-bond acceptors (Lipinski definition) is 2. The number of carbonyl (C=O) groups is 1. The number of ether oxygens (including phenoxy) is 1. The third kappa shape index (κ3) is 3.76. The van der Waals surface area contributed by atoms with Gasteiger partial charge in [0.25, 0.3) is 0 Å². The topological polar surface area (TPSA) is 26.3 Å². The molecule has 0 amide bonds. The largest absolute Gasteiger partial charge is 0.434 e. The first-order valence-corrected chi connectivity index (χ1v) is 4.33. The summed E-state index contributed by atoms with van der Waals surface area (Å²) >= 11 is 5.23. The SMILES string of the molecule is O=C(CCl)O/C=C\c1ccccc1. The predicted octanol–water partition coefficient (Wildman–Crippen LogP) is 2.44. The molecule has 3 heteroatoms. The second kappa shape index (κ2) is 5.38. The Labute approximate surface area is 81.8 Å². The molecule has 2 nitrogen and oxygen atoms in total. The Morgan fingerprint density at radius 3 is 2.69 bits per heavy atom. The lowest BCUT2D eigenvalue weighted by atomic mass is 10.2. The van der Waals surface area contributed by atoms with Crippen LogP contribution in [0.4, 0.5) is 0 Å². The number of alkyl halides is 1. The monoisotopic (exact) mass is 196 g/mol. The van der Waals surface area contributed by atoms with E-state index in [-0.39, 0.29) is 5.88 Å². The highest BCUT2D eigenvalue weighted by Gasteiger charge is 1.94. The van der Waals surface area contributed by atoms with Crippen molar-refractivity contribution in [2.45, 2.75) is 0 Å². The fourth-order valence-electron chi connectivity index (χ4n) is 0.784. The minimum Gasteiger partial charge on any atom is -0.434 e. The molecule has 13 heavy (non-hydrogen) atoms. The average Bonchev–Trinajstić information content (AvgIpc) is 2.19. The second-order valence-corrected chi connectivity index (χ2v) is 2.60. The molecule has 0 aliphatic carbocycles. The van der Waals surface area contributed by atoms with Crippen LogP contribution in [0.2, 0.25) is 0 Å². The molecular weight excluding hydrogens is 188 g/mol. The molecule has 0 aromatic heterocycles. The summed E-state index contributed by atoms with van der Waals surface area (Å²) in [5.41, 5.74) is 0.977. The van der Waals surface area contributed by atoms with Crippen LogP contribution in [-0.2, 0) is 9.53 Å². The molecule has 0 aliphatic heterocycles. The normalized spacial score (nSPS) is 10.2. The van der Waals surface area contributed by atoms with Crippen molar-refractivity contribution in [1.29, 1.82) is 0 Å². The molecule has 0 radical (unpaired) electrons. The summed E-state index contributed by atoms with van der Waals surface area (Å²) in [4.78, 5) is 10.6. The summed E-state index contributed by atoms with van der Waals surface area (Å²) in [5.74, 6) is -0.576. The molecule has 0 fully saturated rings. The van der Waals surface area contributed by atoms with Crippen LogP contribution in [-0.4, -0.2) is 11.8 Å². The van der Waals surface area contributed by atoms with Crippen LogP contribution in [0.5, 0.6) is 0 Å². The van der Waals surface area contributed by atoms with Crippen molar-refractivity contribution in [1.82, 2.24) is 0 Å². The molecule has 1 rings (SSSR count). The maximum Gasteiger partial charge on any atom is 0.325 e. The zero-order valence-electron chi connectivity index (χ0n) is 6.94. The van der Waals surface area contributed by atoms with Crippen molar-refractivity contribution in [2.75, 3.05) is 5.88 Å². The van der Waals surface area contributed by atoms with Gasteiger partial charge in [-0.25, -0.2) is 0 Å². The molecule has 0 saturated heterocycles. The van der Waals surface area contributed by atoms with Crippen molar-refractivity contribution in [2.24, 2.45) is 0 Å². The minimum atomic E-state index is -0.450. The molecule has 0 atom stereocenters. The third-order valence-electron chi connectivity index (χ3n) is 1.37. The van der Waals surface area contributed by atoms with E-state index in [0.29, 0.717) is 0 Å². The molecule has 0 spiro atoms. The van der Waals surface area contributed by atoms with Crippen LogP contribution in [0.3, 0.4) is 0 Å². The van der Waals surface area contributed by atoms with Gasteiger partial charge in [0, 0.05) is 0 Å². The molecule has 0 unspecified atom stereocenters. The number of benzene rings is 1. The smallest absolute Gasteiger partial charge is 0.325 e. The lowest BCUT2D eigenvalue weighted by Crippen LogP contribution is -1.99. The Hall–Kier alpha value is -1.28. The molecule has 0 bridgehead atoms. The molecule has 68 valence electrons. The van der Waals surface area contributed by atoms with Crippen LogP contribution < -0.4 is 0 Å². The van der Waals surface area contributed by atoms with E-state index in [1.165, 1.54) is 6.26 Å². The van der Waals surface area contributed by atoms with Crippen LogP contribution in [0.25, 0.3) is 6.08 Å². The van der Waals surface area contributed by atoms with Gasteiger partial charge >= 0.3 is 5.97 Å². The van der Waals surface area contributed by atoms with E-state index in [2.05, 4.69) is 4.74 Å². The molecule has 1 aromatic carbocycles. The van der Waals surface area contributed by atoms with Gasteiger partial charge in [-0.2, -0.15) is 0 Å².